The summed E-state index contributed by atoms with van der Waals surface area (Å²) in [5.41, 5.74) is 1.26. The molecule has 62 valence electrons. The van der Waals surface area contributed by atoms with Gasteiger partial charge in [-0.3, -0.25) is 0 Å². The van der Waals surface area contributed by atoms with Crippen LogP contribution in [-0.4, -0.2) is 0 Å². The number of benzene rings is 1. The molecule has 1 heteroatoms. The first-order valence-electron chi connectivity index (χ1n) is 4.25. The summed E-state index contributed by atoms with van der Waals surface area (Å²) in [5.74, 6) is 0.493. The van der Waals surface area contributed by atoms with Gasteiger partial charge in [-0.05, 0) is 11.6 Å². The summed E-state index contributed by atoms with van der Waals surface area (Å²) in [6.07, 6.45) is 4.12. The third kappa shape index (κ3) is 1.22. The first kappa shape index (κ1) is 7.41. The maximum atomic E-state index is 5.47. The summed E-state index contributed by atoms with van der Waals surface area (Å²) >= 11 is 0. The van der Waals surface area contributed by atoms with Gasteiger partial charge >= 0.3 is 0 Å². The van der Waals surface area contributed by atoms with Gasteiger partial charge in [-0.1, -0.05) is 37.3 Å². The zero-order valence-electron chi connectivity index (χ0n) is 7.10. The molecule has 0 amide bonds. The lowest BCUT2D eigenvalue weighted by Gasteiger charge is -2.14. The molecule has 2 atom stereocenters. The standard InChI is InChI=1S/C11H12O/c1-9-7-8-12-11(9)10-5-3-2-4-6-10/h2-9,11H,1H3/t9-,11-/m1/s1. The molecule has 0 N–H and O–H groups in total. The minimum absolute atomic E-state index is 0.228. The molecule has 12 heavy (non-hydrogen) atoms. The van der Waals surface area contributed by atoms with Crippen molar-refractivity contribution in [1.82, 2.24) is 0 Å². The van der Waals surface area contributed by atoms with E-state index in [1.807, 2.05) is 18.2 Å². The van der Waals surface area contributed by atoms with E-state index in [4.69, 9.17) is 4.74 Å². The van der Waals surface area contributed by atoms with Crippen molar-refractivity contribution in [2.45, 2.75) is 13.0 Å². The van der Waals surface area contributed by atoms with Gasteiger partial charge < -0.3 is 4.74 Å². The Hall–Kier alpha value is -1.24. The van der Waals surface area contributed by atoms with E-state index in [1.54, 1.807) is 6.26 Å². The van der Waals surface area contributed by atoms with Crippen LogP contribution in [0.1, 0.15) is 18.6 Å². The highest BCUT2D eigenvalue weighted by molar-refractivity contribution is 5.20. The first-order valence-corrected chi connectivity index (χ1v) is 4.25. The Morgan fingerprint density at radius 1 is 1.17 bits per heavy atom. The van der Waals surface area contributed by atoms with E-state index < -0.39 is 0 Å². The summed E-state index contributed by atoms with van der Waals surface area (Å²) < 4.78 is 5.47. The molecule has 1 aromatic carbocycles. The van der Waals surface area contributed by atoms with E-state index in [2.05, 4.69) is 25.1 Å². The van der Waals surface area contributed by atoms with Crippen LogP contribution in [0.2, 0.25) is 0 Å². The highest BCUT2D eigenvalue weighted by Crippen LogP contribution is 2.31. The molecular formula is C11H12O. The molecule has 0 bridgehead atoms. The fourth-order valence-electron chi connectivity index (χ4n) is 1.50. The molecule has 2 rings (SSSR count). The Kier molecular flexibility index (Phi) is 1.86. The Balaban J connectivity index is 2.22. The van der Waals surface area contributed by atoms with Crippen molar-refractivity contribution in [3.63, 3.8) is 0 Å². The van der Waals surface area contributed by atoms with Gasteiger partial charge in [0.05, 0.1) is 6.26 Å². The summed E-state index contributed by atoms with van der Waals surface area (Å²) in [6.45, 7) is 2.17. The maximum Gasteiger partial charge on any atom is 0.129 e. The Morgan fingerprint density at radius 3 is 2.50 bits per heavy atom. The quantitative estimate of drug-likeness (QED) is 0.613. The van der Waals surface area contributed by atoms with Gasteiger partial charge in [0, 0.05) is 5.92 Å². The lowest BCUT2D eigenvalue weighted by atomic mass is 9.99. The van der Waals surface area contributed by atoms with Gasteiger partial charge in [0.15, 0.2) is 0 Å². The van der Waals surface area contributed by atoms with Crippen LogP contribution in [0, 0.1) is 5.92 Å². The summed E-state index contributed by atoms with van der Waals surface area (Å²) in [4.78, 5) is 0. The van der Waals surface area contributed by atoms with Crippen molar-refractivity contribution >= 4 is 0 Å². The van der Waals surface area contributed by atoms with Gasteiger partial charge in [0.25, 0.3) is 0 Å². The number of ether oxygens (including phenoxy) is 1. The zero-order valence-corrected chi connectivity index (χ0v) is 7.10. The summed E-state index contributed by atoms with van der Waals surface area (Å²) in [5, 5.41) is 0. The van der Waals surface area contributed by atoms with Gasteiger partial charge in [-0.25, -0.2) is 0 Å². The molecule has 0 aliphatic carbocycles. The SMILES string of the molecule is C[C@@H]1C=CO[C@H]1c1ccccc1. The van der Waals surface area contributed by atoms with Gasteiger partial charge in [0.2, 0.25) is 0 Å². The van der Waals surface area contributed by atoms with Gasteiger partial charge in [-0.15, -0.1) is 0 Å². The summed E-state index contributed by atoms with van der Waals surface area (Å²) in [7, 11) is 0. The van der Waals surface area contributed by atoms with Crippen LogP contribution in [-0.2, 0) is 4.74 Å². The van der Waals surface area contributed by atoms with E-state index in [-0.39, 0.29) is 6.10 Å². The molecule has 0 unspecified atom stereocenters. The third-order valence-corrected chi connectivity index (χ3v) is 2.21. The lowest BCUT2D eigenvalue weighted by Crippen LogP contribution is -2.03. The molecular weight excluding hydrogens is 148 g/mol. The molecule has 1 aliphatic rings. The second kappa shape index (κ2) is 3.02. The Morgan fingerprint density at radius 2 is 1.92 bits per heavy atom. The molecule has 0 aromatic heterocycles. The molecule has 0 radical (unpaired) electrons. The van der Waals surface area contributed by atoms with Crippen molar-refractivity contribution in [2.24, 2.45) is 5.92 Å². The van der Waals surface area contributed by atoms with Crippen LogP contribution in [0.25, 0.3) is 0 Å². The third-order valence-electron chi connectivity index (χ3n) is 2.21. The second-order valence-corrected chi connectivity index (χ2v) is 3.16. The minimum Gasteiger partial charge on any atom is -0.493 e. The number of hydrogen-bond acceptors (Lipinski definition) is 1. The lowest BCUT2D eigenvalue weighted by molar-refractivity contribution is 0.142. The van der Waals surface area contributed by atoms with Gasteiger partial charge in [-0.2, -0.15) is 0 Å². The average Bonchev–Trinajstić information content (AvgIpc) is 2.53. The fraction of sp³-hybridized carbons (Fsp3) is 0.273. The first-order chi connectivity index (χ1) is 5.88. The van der Waals surface area contributed by atoms with Crippen molar-refractivity contribution in [3.8, 4) is 0 Å². The monoisotopic (exact) mass is 160 g/mol. The number of rotatable bonds is 1. The molecule has 1 aromatic rings. The van der Waals surface area contributed by atoms with E-state index >= 15 is 0 Å². The molecule has 0 saturated heterocycles. The van der Waals surface area contributed by atoms with Crippen molar-refractivity contribution in [1.29, 1.82) is 0 Å². The van der Waals surface area contributed by atoms with Crippen molar-refractivity contribution in [2.75, 3.05) is 0 Å². The van der Waals surface area contributed by atoms with Crippen LogP contribution < -0.4 is 0 Å². The topological polar surface area (TPSA) is 9.23 Å². The minimum atomic E-state index is 0.228. The summed E-state index contributed by atoms with van der Waals surface area (Å²) in [6, 6.07) is 10.3. The normalized spacial score (nSPS) is 27.1. The van der Waals surface area contributed by atoms with Crippen LogP contribution in [0.5, 0.6) is 0 Å². The Labute approximate surface area is 72.7 Å². The van der Waals surface area contributed by atoms with Crippen LogP contribution in [0.4, 0.5) is 0 Å². The maximum absolute atomic E-state index is 5.47. The molecule has 0 saturated carbocycles. The van der Waals surface area contributed by atoms with Crippen molar-refractivity contribution in [3.05, 3.63) is 48.2 Å². The Bertz CT molecular complexity index is 276. The predicted octanol–water partition coefficient (Wildman–Crippen LogP) is 2.91. The van der Waals surface area contributed by atoms with Crippen LogP contribution in [0.3, 0.4) is 0 Å². The zero-order chi connectivity index (χ0) is 8.39. The molecule has 1 heterocycles. The molecule has 1 nitrogen and oxygen atoms in total. The molecule has 1 aliphatic heterocycles. The molecule has 0 spiro atoms. The number of hydrogen-bond donors (Lipinski definition) is 0. The highest BCUT2D eigenvalue weighted by Gasteiger charge is 2.21. The largest absolute Gasteiger partial charge is 0.493 e. The average molecular weight is 160 g/mol. The van der Waals surface area contributed by atoms with E-state index in [0.29, 0.717) is 5.92 Å². The van der Waals surface area contributed by atoms with E-state index in [1.165, 1.54) is 5.56 Å². The van der Waals surface area contributed by atoms with Crippen LogP contribution in [0.15, 0.2) is 42.7 Å². The smallest absolute Gasteiger partial charge is 0.129 e. The highest BCUT2D eigenvalue weighted by atomic mass is 16.5. The molecule has 0 fully saturated rings. The van der Waals surface area contributed by atoms with Crippen molar-refractivity contribution < 1.29 is 4.74 Å². The van der Waals surface area contributed by atoms with E-state index in [9.17, 15) is 0 Å². The van der Waals surface area contributed by atoms with Crippen LogP contribution >= 0.6 is 0 Å². The fourth-order valence-corrected chi connectivity index (χ4v) is 1.50. The van der Waals surface area contributed by atoms with E-state index in [0.717, 1.165) is 0 Å². The second-order valence-electron chi connectivity index (χ2n) is 3.16. The van der Waals surface area contributed by atoms with Gasteiger partial charge in [0.1, 0.15) is 6.10 Å². The predicted molar refractivity (Wildman–Crippen MR) is 48.6 cm³/mol.